The number of tetrazole rings is 1. The molecule has 0 fully saturated rings. The van der Waals surface area contributed by atoms with Crippen LogP contribution in [0.4, 0.5) is 0 Å². The molecule has 84 valence electrons. The molecule has 16 heavy (non-hydrogen) atoms. The molecule has 0 aliphatic carbocycles. The summed E-state index contributed by atoms with van der Waals surface area (Å²) in [4.78, 5) is 0.0711. The number of aromatic nitrogens is 4. The lowest BCUT2D eigenvalue weighted by Crippen LogP contribution is -2.12. The number of hydrogen-bond donors (Lipinski definition) is 1. The van der Waals surface area contributed by atoms with Crippen molar-refractivity contribution in [3.63, 3.8) is 0 Å². The highest BCUT2D eigenvalue weighted by Gasteiger charge is 2.10. The van der Waals surface area contributed by atoms with Gasteiger partial charge in [0.1, 0.15) is 6.33 Å². The molecule has 7 nitrogen and oxygen atoms in total. The Morgan fingerprint density at radius 3 is 2.62 bits per heavy atom. The van der Waals surface area contributed by atoms with Crippen molar-refractivity contribution in [1.29, 1.82) is 0 Å². The zero-order chi connectivity index (χ0) is 11.8. The van der Waals surface area contributed by atoms with E-state index in [2.05, 4.69) is 15.5 Å². The van der Waals surface area contributed by atoms with Crippen molar-refractivity contribution in [1.82, 2.24) is 20.2 Å². The minimum Gasteiger partial charge on any atom is -0.225 e. The average Bonchev–Trinajstić information content (AvgIpc) is 2.69. The Balaban J connectivity index is 2.54. The molecule has 0 saturated carbocycles. The molecule has 0 atom stereocenters. The van der Waals surface area contributed by atoms with Crippen molar-refractivity contribution in [3.05, 3.63) is 30.1 Å². The first-order chi connectivity index (χ1) is 7.48. The van der Waals surface area contributed by atoms with Gasteiger partial charge in [-0.05, 0) is 41.1 Å². The zero-order valence-corrected chi connectivity index (χ0v) is 9.22. The van der Waals surface area contributed by atoms with Crippen LogP contribution >= 0.6 is 0 Å². The maximum Gasteiger partial charge on any atom is 0.238 e. The van der Waals surface area contributed by atoms with Gasteiger partial charge < -0.3 is 0 Å². The quantitative estimate of drug-likeness (QED) is 0.769. The molecule has 1 heterocycles. The molecule has 0 bridgehead atoms. The topological polar surface area (TPSA) is 104 Å². The van der Waals surface area contributed by atoms with E-state index >= 15 is 0 Å². The van der Waals surface area contributed by atoms with Crippen molar-refractivity contribution in [2.24, 2.45) is 5.14 Å². The van der Waals surface area contributed by atoms with Crippen LogP contribution in [0.15, 0.2) is 29.4 Å². The molecule has 2 N–H and O–H groups in total. The first-order valence-corrected chi connectivity index (χ1v) is 5.90. The minimum atomic E-state index is -3.67. The average molecular weight is 239 g/mol. The molecule has 0 saturated heterocycles. The number of nitrogens with zero attached hydrogens (tertiary/aromatic N) is 4. The van der Waals surface area contributed by atoms with Crippen molar-refractivity contribution in [2.45, 2.75) is 11.8 Å². The monoisotopic (exact) mass is 239 g/mol. The van der Waals surface area contributed by atoms with Crippen LogP contribution < -0.4 is 5.14 Å². The van der Waals surface area contributed by atoms with Crippen LogP contribution in [-0.2, 0) is 10.0 Å². The van der Waals surface area contributed by atoms with E-state index in [0.29, 0.717) is 5.69 Å². The van der Waals surface area contributed by atoms with Crippen molar-refractivity contribution in [3.8, 4) is 5.69 Å². The van der Waals surface area contributed by atoms with E-state index in [1.165, 1.54) is 23.1 Å². The highest BCUT2D eigenvalue weighted by Crippen LogP contribution is 2.16. The molecule has 0 spiro atoms. The van der Waals surface area contributed by atoms with E-state index in [9.17, 15) is 8.42 Å². The van der Waals surface area contributed by atoms with E-state index in [1.807, 2.05) is 0 Å². The SMILES string of the molecule is Cc1cc(S(N)(=O)=O)ccc1-n1cnnn1. The summed E-state index contributed by atoms with van der Waals surface area (Å²) in [6.45, 7) is 1.76. The summed E-state index contributed by atoms with van der Waals surface area (Å²) in [5.74, 6) is 0. The van der Waals surface area contributed by atoms with Crippen LogP contribution in [-0.4, -0.2) is 28.6 Å². The van der Waals surface area contributed by atoms with Crippen molar-refractivity contribution < 1.29 is 8.42 Å². The van der Waals surface area contributed by atoms with Gasteiger partial charge in [0, 0.05) is 0 Å². The fourth-order valence-electron chi connectivity index (χ4n) is 1.33. The Morgan fingerprint density at radius 2 is 2.12 bits per heavy atom. The number of nitrogens with two attached hydrogens (primary N) is 1. The molecule has 0 aliphatic rings. The van der Waals surface area contributed by atoms with Gasteiger partial charge in [-0.25, -0.2) is 18.2 Å². The lowest BCUT2D eigenvalue weighted by molar-refractivity contribution is 0.597. The van der Waals surface area contributed by atoms with Crippen LogP contribution in [0.25, 0.3) is 5.69 Å². The van der Waals surface area contributed by atoms with Gasteiger partial charge in [0.05, 0.1) is 10.6 Å². The second-order valence-corrected chi connectivity index (χ2v) is 4.81. The van der Waals surface area contributed by atoms with E-state index < -0.39 is 10.0 Å². The first-order valence-electron chi connectivity index (χ1n) is 4.35. The lowest BCUT2D eigenvalue weighted by atomic mass is 10.2. The molecular formula is C8H9N5O2S. The fourth-order valence-corrected chi connectivity index (χ4v) is 1.93. The predicted octanol–water partition coefficient (Wildman–Crippen LogP) is -0.382. The van der Waals surface area contributed by atoms with Gasteiger partial charge in [0.2, 0.25) is 10.0 Å². The highest BCUT2D eigenvalue weighted by atomic mass is 32.2. The van der Waals surface area contributed by atoms with E-state index in [4.69, 9.17) is 5.14 Å². The van der Waals surface area contributed by atoms with Crippen LogP contribution in [0.2, 0.25) is 0 Å². The second kappa shape index (κ2) is 3.65. The standard InChI is InChI=1S/C8H9N5O2S/c1-6-4-7(16(9,14)15)2-3-8(6)13-5-10-11-12-13/h2-5H,1H3,(H2,9,14,15). The molecule has 0 amide bonds. The molecule has 0 unspecified atom stereocenters. The van der Waals surface area contributed by atoms with Crippen molar-refractivity contribution in [2.75, 3.05) is 0 Å². The fraction of sp³-hybridized carbons (Fsp3) is 0.125. The maximum absolute atomic E-state index is 11.1. The normalized spacial score (nSPS) is 11.6. The Kier molecular flexibility index (Phi) is 2.44. The Bertz CT molecular complexity index is 605. The zero-order valence-electron chi connectivity index (χ0n) is 8.40. The summed E-state index contributed by atoms with van der Waals surface area (Å²) in [7, 11) is -3.67. The Morgan fingerprint density at radius 1 is 1.38 bits per heavy atom. The number of sulfonamides is 1. The third kappa shape index (κ3) is 1.92. The summed E-state index contributed by atoms with van der Waals surface area (Å²) in [5.41, 5.74) is 1.43. The third-order valence-corrected chi connectivity index (χ3v) is 3.00. The molecule has 1 aromatic heterocycles. The van der Waals surface area contributed by atoms with Gasteiger partial charge in [-0.1, -0.05) is 0 Å². The summed E-state index contributed by atoms with van der Waals surface area (Å²) >= 11 is 0. The van der Waals surface area contributed by atoms with E-state index in [1.54, 1.807) is 13.0 Å². The molecule has 0 aliphatic heterocycles. The van der Waals surface area contributed by atoms with Crippen LogP contribution in [0.5, 0.6) is 0 Å². The summed E-state index contributed by atoms with van der Waals surface area (Å²) in [6.07, 6.45) is 1.43. The number of hydrogen-bond acceptors (Lipinski definition) is 5. The molecule has 8 heteroatoms. The summed E-state index contributed by atoms with van der Waals surface area (Å²) in [6, 6.07) is 4.50. The van der Waals surface area contributed by atoms with Crippen LogP contribution in [0.3, 0.4) is 0 Å². The predicted molar refractivity (Wildman–Crippen MR) is 55.3 cm³/mol. The minimum absolute atomic E-state index is 0.0711. The molecule has 2 rings (SSSR count). The summed E-state index contributed by atoms with van der Waals surface area (Å²) in [5, 5.41) is 15.7. The van der Waals surface area contributed by atoms with Crippen LogP contribution in [0, 0.1) is 6.92 Å². The third-order valence-electron chi connectivity index (χ3n) is 2.09. The lowest BCUT2D eigenvalue weighted by Gasteiger charge is -2.05. The highest BCUT2D eigenvalue weighted by molar-refractivity contribution is 7.89. The largest absolute Gasteiger partial charge is 0.238 e. The molecule has 0 radical (unpaired) electrons. The van der Waals surface area contributed by atoms with E-state index in [-0.39, 0.29) is 4.90 Å². The molecule has 1 aromatic carbocycles. The van der Waals surface area contributed by atoms with Gasteiger partial charge in [-0.15, -0.1) is 5.10 Å². The Labute approximate surface area is 91.9 Å². The van der Waals surface area contributed by atoms with Gasteiger partial charge >= 0.3 is 0 Å². The smallest absolute Gasteiger partial charge is 0.225 e. The van der Waals surface area contributed by atoms with Gasteiger partial charge in [-0.2, -0.15) is 0 Å². The van der Waals surface area contributed by atoms with Gasteiger partial charge in [-0.3, -0.25) is 0 Å². The van der Waals surface area contributed by atoms with Gasteiger partial charge in [0.25, 0.3) is 0 Å². The Hall–Kier alpha value is -1.80. The number of benzene rings is 1. The van der Waals surface area contributed by atoms with Crippen LogP contribution in [0.1, 0.15) is 5.56 Å². The number of primary sulfonamides is 1. The molecular weight excluding hydrogens is 230 g/mol. The summed E-state index contributed by atoms with van der Waals surface area (Å²) < 4.78 is 23.7. The second-order valence-electron chi connectivity index (χ2n) is 3.25. The number of aryl methyl sites for hydroxylation is 1. The van der Waals surface area contributed by atoms with Gasteiger partial charge in [0.15, 0.2) is 0 Å². The molecule has 2 aromatic rings. The maximum atomic E-state index is 11.1. The van der Waals surface area contributed by atoms with Crippen molar-refractivity contribution >= 4 is 10.0 Å². The first kappa shape index (κ1) is 10.7. The number of rotatable bonds is 2. The van der Waals surface area contributed by atoms with E-state index in [0.717, 1.165) is 5.56 Å².